The van der Waals surface area contributed by atoms with E-state index in [9.17, 15) is 9.59 Å². The van der Waals surface area contributed by atoms with Crippen molar-refractivity contribution >= 4 is 28.3 Å². The number of anilines is 1. The maximum absolute atomic E-state index is 12.9. The minimum absolute atomic E-state index is 0.0981. The number of hydrogen-bond donors (Lipinski definition) is 1. The van der Waals surface area contributed by atoms with E-state index in [-0.39, 0.29) is 11.8 Å². The molecule has 2 amide bonds. The second-order valence-corrected chi connectivity index (χ2v) is 11.0. The van der Waals surface area contributed by atoms with Gasteiger partial charge in [0.1, 0.15) is 0 Å². The molecule has 3 aliphatic carbocycles. The highest BCUT2D eigenvalue weighted by molar-refractivity contribution is 7.15. The van der Waals surface area contributed by atoms with Gasteiger partial charge in [-0.2, -0.15) is 0 Å². The number of nitrogens with one attached hydrogen (secondary N) is 1. The van der Waals surface area contributed by atoms with E-state index < -0.39 is 0 Å². The van der Waals surface area contributed by atoms with Crippen molar-refractivity contribution in [3.63, 3.8) is 0 Å². The van der Waals surface area contributed by atoms with E-state index in [0.29, 0.717) is 17.9 Å². The number of hydrogen-bond acceptors (Lipinski definition) is 5. The molecule has 7 heteroatoms. The van der Waals surface area contributed by atoms with Gasteiger partial charge in [-0.05, 0) is 44.9 Å². The van der Waals surface area contributed by atoms with Crippen molar-refractivity contribution in [2.75, 3.05) is 31.1 Å². The highest BCUT2D eigenvalue weighted by Crippen LogP contribution is 2.35. The zero-order chi connectivity index (χ0) is 21.2. The number of amides is 2. The minimum atomic E-state index is 0.0981. The van der Waals surface area contributed by atoms with Gasteiger partial charge in [0.15, 0.2) is 5.13 Å². The Morgan fingerprint density at radius 2 is 1.61 bits per heavy atom. The van der Waals surface area contributed by atoms with Gasteiger partial charge in [0.25, 0.3) is 0 Å². The summed E-state index contributed by atoms with van der Waals surface area (Å²) in [5.74, 6) is 1.02. The fourth-order valence-electron chi connectivity index (χ4n) is 5.49. The largest absolute Gasteiger partial charge is 0.353 e. The second-order valence-electron chi connectivity index (χ2n) is 9.94. The number of nitrogens with zero attached hydrogens (tertiary/aromatic N) is 3. The maximum Gasteiger partial charge on any atom is 0.225 e. The molecule has 6 nitrogen and oxygen atoms in total. The Morgan fingerprint density at radius 3 is 2.29 bits per heavy atom. The third kappa shape index (κ3) is 4.76. The zero-order valence-electron chi connectivity index (χ0n) is 18.6. The monoisotopic (exact) mass is 444 g/mol. The van der Waals surface area contributed by atoms with Crippen LogP contribution in [0.4, 0.5) is 5.13 Å². The van der Waals surface area contributed by atoms with Gasteiger partial charge in [0.2, 0.25) is 11.8 Å². The van der Waals surface area contributed by atoms with Gasteiger partial charge < -0.3 is 15.1 Å². The van der Waals surface area contributed by atoms with Gasteiger partial charge >= 0.3 is 0 Å². The topological polar surface area (TPSA) is 65.5 Å². The lowest BCUT2D eigenvalue weighted by molar-refractivity contribution is -0.138. The molecule has 2 saturated carbocycles. The summed E-state index contributed by atoms with van der Waals surface area (Å²) in [6.45, 7) is 3.37. The van der Waals surface area contributed by atoms with Crippen LogP contribution in [0.1, 0.15) is 74.8 Å². The molecule has 0 aromatic carbocycles. The number of carbonyl (C=O) groups excluding carboxylic acids is 2. The fraction of sp³-hybridized carbons (Fsp3) is 0.792. The average Bonchev–Trinajstić information content (AvgIpc) is 3.01. The summed E-state index contributed by atoms with van der Waals surface area (Å²) >= 11 is 1.78. The summed E-state index contributed by atoms with van der Waals surface area (Å²) in [7, 11) is 0. The predicted octanol–water partition coefficient (Wildman–Crippen LogP) is 3.54. The number of rotatable bonds is 4. The standard InChI is InChI=1S/C24H36N4O2S/c29-22(25-19-8-3-1-2-4-9-19)18-10-11-20-21(16-18)31-24(26-20)28-14-12-27(13-15-28)23(30)17-6-5-7-17/h17-19H,1-16H2,(H,25,29)/t18-/m1/s1. The zero-order valence-corrected chi connectivity index (χ0v) is 19.4. The second kappa shape index (κ2) is 9.47. The van der Waals surface area contributed by atoms with Crippen molar-refractivity contribution in [3.05, 3.63) is 10.6 Å². The Hall–Kier alpha value is -1.63. The lowest BCUT2D eigenvalue weighted by Crippen LogP contribution is -2.51. The van der Waals surface area contributed by atoms with Gasteiger partial charge in [-0.3, -0.25) is 9.59 Å². The first-order valence-electron chi connectivity index (χ1n) is 12.5. The molecule has 170 valence electrons. The van der Waals surface area contributed by atoms with Crippen molar-refractivity contribution in [2.24, 2.45) is 11.8 Å². The maximum atomic E-state index is 12.9. The van der Waals surface area contributed by atoms with E-state index in [0.717, 1.165) is 76.3 Å². The van der Waals surface area contributed by atoms with Crippen LogP contribution in [0.2, 0.25) is 0 Å². The summed E-state index contributed by atoms with van der Waals surface area (Å²) in [5.41, 5.74) is 1.20. The van der Waals surface area contributed by atoms with E-state index in [2.05, 4.69) is 15.1 Å². The van der Waals surface area contributed by atoms with Crippen molar-refractivity contribution in [1.29, 1.82) is 0 Å². The Morgan fingerprint density at radius 1 is 0.871 bits per heavy atom. The Labute approximate surface area is 189 Å². The molecule has 1 aliphatic heterocycles. The van der Waals surface area contributed by atoms with Crippen molar-refractivity contribution in [1.82, 2.24) is 15.2 Å². The molecule has 1 atom stereocenters. The molecule has 1 saturated heterocycles. The molecule has 0 unspecified atom stereocenters. The lowest BCUT2D eigenvalue weighted by atomic mass is 9.84. The molecular weight excluding hydrogens is 408 g/mol. The van der Waals surface area contributed by atoms with E-state index in [4.69, 9.17) is 4.98 Å². The van der Waals surface area contributed by atoms with Crippen LogP contribution in [0, 0.1) is 11.8 Å². The summed E-state index contributed by atoms with van der Waals surface area (Å²) in [6.07, 6.45) is 13.4. The molecule has 5 rings (SSSR count). The van der Waals surface area contributed by atoms with Crippen LogP contribution in [-0.4, -0.2) is 53.9 Å². The quantitative estimate of drug-likeness (QED) is 0.722. The molecule has 3 fully saturated rings. The van der Waals surface area contributed by atoms with Crippen molar-refractivity contribution in [2.45, 2.75) is 83.1 Å². The summed E-state index contributed by atoms with van der Waals surface area (Å²) in [6, 6.07) is 0.382. The Kier molecular flexibility index (Phi) is 6.49. The smallest absolute Gasteiger partial charge is 0.225 e. The van der Waals surface area contributed by atoms with Gasteiger partial charge in [-0.15, -0.1) is 11.3 Å². The molecule has 0 spiro atoms. The lowest BCUT2D eigenvalue weighted by Gasteiger charge is -2.38. The number of aromatic nitrogens is 1. The Bertz CT molecular complexity index is 789. The summed E-state index contributed by atoms with van der Waals surface area (Å²) in [5, 5.41) is 4.45. The van der Waals surface area contributed by atoms with E-state index >= 15 is 0 Å². The van der Waals surface area contributed by atoms with Crippen LogP contribution < -0.4 is 10.2 Å². The highest BCUT2D eigenvalue weighted by atomic mass is 32.1. The molecule has 1 aromatic heterocycles. The number of piperazine rings is 1. The van der Waals surface area contributed by atoms with E-state index in [1.807, 2.05) is 0 Å². The normalized spacial score (nSPS) is 25.5. The van der Waals surface area contributed by atoms with Gasteiger partial charge in [-0.25, -0.2) is 4.98 Å². The van der Waals surface area contributed by atoms with E-state index in [1.54, 1.807) is 11.3 Å². The number of fused-ring (bicyclic) bond motifs is 1. The molecule has 1 aromatic rings. The first-order valence-corrected chi connectivity index (χ1v) is 13.3. The first kappa shape index (κ1) is 21.2. The average molecular weight is 445 g/mol. The van der Waals surface area contributed by atoms with Gasteiger partial charge in [0.05, 0.1) is 5.69 Å². The molecule has 0 radical (unpaired) electrons. The van der Waals surface area contributed by atoms with Crippen LogP contribution in [0.5, 0.6) is 0 Å². The molecule has 1 N–H and O–H groups in total. The van der Waals surface area contributed by atoms with Crippen LogP contribution in [-0.2, 0) is 22.4 Å². The van der Waals surface area contributed by atoms with Gasteiger partial charge in [0, 0.05) is 48.9 Å². The molecule has 2 heterocycles. The van der Waals surface area contributed by atoms with Crippen molar-refractivity contribution < 1.29 is 9.59 Å². The third-order valence-corrected chi connectivity index (χ3v) is 9.00. The molecule has 0 bridgehead atoms. The minimum Gasteiger partial charge on any atom is -0.353 e. The molecular formula is C24H36N4O2S. The highest BCUT2D eigenvalue weighted by Gasteiger charge is 2.33. The third-order valence-electron chi connectivity index (χ3n) is 7.82. The number of carbonyl (C=O) groups is 2. The number of aryl methyl sites for hydroxylation is 1. The van der Waals surface area contributed by atoms with Crippen molar-refractivity contribution in [3.8, 4) is 0 Å². The number of thiazole rings is 1. The van der Waals surface area contributed by atoms with Crippen LogP contribution in [0.15, 0.2) is 0 Å². The Balaban J connectivity index is 1.15. The molecule has 31 heavy (non-hydrogen) atoms. The summed E-state index contributed by atoms with van der Waals surface area (Å²) in [4.78, 5) is 36.0. The van der Waals surface area contributed by atoms with E-state index in [1.165, 1.54) is 42.7 Å². The molecule has 4 aliphatic rings. The van der Waals surface area contributed by atoms with Crippen LogP contribution in [0.25, 0.3) is 0 Å². The summed E-state index contributed by atoms with van der Waals surface area (Å²) < 4.78 is 0. The SMILES string of the molecule is O=C(NC1CCCCCC1)[C@@H]1CCc2nc(N3CCN(C(=O)C4CCC4)CC3)sc2C1. The fourth-order valence-corrected chi connectivity index (χ4v) is 6.73. The van der Waals surface area contributed by atoms with Crippen LogP contribution in [0.3, 0.4) is 0 Å². The predicted molar refractivity (Wildman–Crippen MR) is 123 cm³/mol. The van der Waals surface area contributed by atoms with Crippen LogP contribution >= 0.6 is 11.3 Å². The first-order chi connectivity index (χ1) is 15.2. The van der Waals surface area contributed by atoms with Gasteiger partial charge in [-0.1, -0.05) is 32.1 Å².